The molecule has 1 atom stereocenters. The SMILES string of the molecule is N#Cc1c(NC(=O)[C@@H]2CC(=O)N(Cc3ccccn3)C2)sc2c1CCC2. The van der Waals surface area contributed by atoms with E-state index in [1.54, 1.807) is 11.1 Å². The minimum Gasteiger partial charge on any atom is -0.336 e. The highest BCUT2D eigenvalue weighted by Gasteiger charge is 2.35. The number of aryl methyl sites for hydroxylation is 1. The van der Waals surface area contributed by atoms with E-state index in [2.05, 4.69) is 16.4 Å². The molecule has 1 N–H and O–H groups in total. The van der Waals surface area contributed by atoms with Crippen LogP contribution in [0.3, 0.4) is 0 Å². The van der Waals surface area contributed by atoms with E-state index in [4.69, 9.17) is 0 Å². The number of thiophene rings is 1. The number of hydrogen-bond acceptors (Lipinski definition) is 5. The zero-order chi connectivity index (χ0) is 18.1. The summed E-state index contributed by atoms with van der Waals surface area (Å²) >= 11 is 1.50. The molecule has 4 rings (SSSR count). The number of anilines is 1. The van der Waals surface area contributed by atoms with Gasteiger partial charge in [-0.1, -0.05) is 6.07 Å². The number of nitrogens with zero attached hydrogens (tertiary/aromatic N) is 3. The van der Waals surface area contributed by atoms with Crippen molar-refractivity contribution >= 4 is 28.2 Å². The molecule has 6 nitrogen and oxygen atoms in total. The van der Waals surface area contributed by atoms with Gasteiger partial charge in [-0.2, -0.15) is 5.26 Å². The van der Waals surface area contributed by atoms with E-state index >= 15 is 0 Å². The van der Waals surface area contributed by atoms with Crippen LogP contribution < -0.4 is 5.32 Å². The summed E-state index contributed by atoms with van der Waals surface area (Å²) in [5, 5.41) is 13.0. The molecule has 0 unspecified atom stereocenters. The molecule has 2 aromatic heterocycles. The second-order valence-electron chi connectivity index (χ2n) is 6.66. The van der Waals surface area contributed by atoms with Crippen LogP contribution in [0, 0.1) is 17.2 Å². The topological polar surface area (TPSA) is 86.1 Å². The van der Waals surface area contributed by atoms with Crippen molar-refractivity contribution in [1.82, 2.24) is 9.88 Å². The highest BCUT2D eigenvalue weighted by Crippen LogP contribution is 2.39. The minimum absolute atomic E-state index is 0.0371. The summed E-state index contributed by atoms with van der Waals surface area (Å²) in [5.41, 5.74) is 2.50. The molecular formula is C19H18N4O2S. The first-order chi connectivity index (χ1) is 12.7. The third kappa shape index (κ3) is 3.08. The fraction of sp³-hybridized carbons (Fsp3) is 0.368. The molecule has 26 heavy (non-hydrogen) atoms. The van der Waals surface area contributed by atoms with E-state index in [1.807, 2.05) is 18.2 Å². The van der Waals surface area contributed by atoms with Gasteiger partial charge in [0.2, 0.25) is 11.8 Å². The predicted octanol–water partition coefficient (Wildman–Crippen LogP) is 2.49. The summed E-state index contributed by atoms with van der Waals surface area (Å²) in [7, 11) is 0. The number of nitriles is 1. The van der Waals surface area contributed by atoms with Crippen LogP contribution in [-0.4, -0.2) is 28.2 Å². The monoisotopic (exact) mass is 366 g/mol. The average Bonchev–Trinajstić information content (AvgIpc) is 3.31. The van der Waals surface area contributed by atoms with Gasteiger partial charge < -0.3 is 10.2 Å². The van der Waals surface area contributed by atoms with Gasteiger partial charge in [0.25, 0.3) is 0 Å². The number of nitrogens with one attached hydrogen (secondary N) is 1. The third-order valence-corrected chi connectivity index (χ3v) is 6.14. The van der Waals surface area contributed by atoms with E-state index < -0.39 is 5.92 Å². The fourth-order valence-electron chi connectivity index (χ4n) is 3.61. The van der Waals surface area contributed by atoms with Crippen LogP contribution in [0.5, 0.6) is 0 Å². The fourth-order valence-corrected chi connectivity index (χ4v) is 4.86. The Bertz CT molecular complexity index is 900. The maximum atomic E-state index is 12.6. The zero-order valence-electron chi connectivity index (χ0n) is 14.2. The number of pyridine rings is 1. The van der Waals surface area contributed by atoms with E-state index in [9.17, 15) is 14.9 Å². The highest BCUT2D eigenvalue weighted by atomic mass is 32.1. The maximum Gasteiger partial charge on any atom is 0.230 e. The number of carbonyl (C=O) groups excluding carboxylic acids is 2. The molecule has 132 valence electrons. The first-order valence-electron chi connectivity index (χ1n) is 8.69. The van der Waals surface area contributed by atoms with Crippen molar-refractivity contribution < 1.29 is 9.59 Å². The van der Waals surface area contributed by atoms with Crippen LogP contribution in [0.4, 0.5) is 5.00 Å². The van der Waals surface area contributed by atoms with Crippen molar-refractivity contribution in [3.63, 3.8) is 0 Å². The smallest absolute Gasteiger partial charge is 0.230 e. The van der Waals surface area contributed by atoms with Crippen molar-refractivity contribution in [2.24, 2.45) is 5.92 Å². The molecule has 2 amide bonds. The number of hydrogen-bond donors (Lipinski definition) is 1. The number of likely N-dealkylation sites (tertiary alicyclic amines) is 1. The van der Waals surface area contributed by atoms with Crippen LogP contribution in [0.2, 0.25) is 0 Å². The van der Waals surface area contributed by atoms with Gasteiger partial charge in [-0.3, -0.25) is 14.6 Å². The molecule has 0 saturated carbocycles. The Morgan fingerprint density at radius 2 is 2.31 bits per heavy atom. The van der Waals surface area contributed by atoms with Gasteiger partial charge in [-0.25, -0.2) is 0 Å². The molecule has 3 heterocycles. The van der Waals surface area contributed by atoms with Gasteiger partial charge in [-0.05, 0) is 37.0 Å². The maximum absolute atomic E-state index is 12.6. The molecule has 1 saturated heterocycles. The van der Waals surface area contributed by atoms with Crippen LogP contribution >= 0.6 is 11.3 Å². The van der Waals surface area contributed by atoms with Crippen molar-refractivity contribution in [2.75, 3.05) is 11.9 Å². The Hall–Kier alpha value is -2.72. The molecule has 0 spiro atoms. The minimum atomic E-state index is -0.394. The van der Waals surface area contributed by atoms with Crippen molar-refractivity contribution in [3.05, 3.63) is 46.1 Å². The second-order valence-corrected chi connectivity index (χ2v) is 7.76. The lowest BCUT2D eigenvalue weighted by Crippen LogP contribution is -2.28. The summed E-state index contributed by atoms with van der Waals surface area (Å²) in [4.78, 5) is 32.0. The molecule has 2 aromatic rings. The standard InChI is InChI=1S/C19H18N4O2S/c20-9-15-14-5-3-6-16(14)26-19(15)22-18(25)12-8-17(24)23(10-12)11-13-4-1-2-7-21-13/h1-2,4,7,12H,3,5-6,8,10-11H2,(H,22,25)/t12-/m1/s1. The normalized spacial score (nSPS) is 18.7. The molecule has 0 radical (unpaired) electrons. The first kappa shape index (κ1) is 16.7. The first-order valence-corrected chi connectivity index (χ1v) is 9.50. The summed E-state index contributed by atoms with van der Waals surface area (Å²) < 4.78 is 0. The number of fused-ring (bicyclic) bond motifs is 1. The van der Waals surface area contributed by atoms with Crippen molar-refractivity contribution in [2.45, 2.75) is 32.2 Å². The van der Waals surface area contributed by atoms with Crippen molar-refractivity contribution in [3.8, 4) is 6.07 Å². The largest absolute Gasteiger partial charge is 0.336 e. The van der Waals surface area contributed by atoms with Gasteiger partial charge in [0, 0.05) is 24.0 Å². The van der Waals surface area contributed by atoms with Gasteiger partial charge >= 0.3 is 0 Å². The summed E-state index contributed by atoms with van der Waals surface area (Å²) in [5.74, 6) is -0.613. The zero-order valence-corrected chi connectivity index (χ0v) is 15.0. The van der Waals surface area contributed by atoms with Gasteiger partial charge in [0.15, 0.2) is 0 Å². The number of carbonyl (C=O) groups is 2. The lowest BCUT2D eigenvalue weighted by Gasteiger charge is -2.16. The molecule has 0 bridgehead atoms. The summed E-state index contributed by atoms with van der Waals surface area (Å²) in [6, 6.07) is 7.81. The van der Waals surface area contributed by atoms with Crippen LogP contribution in [0.25, 0.3) is 0 Å². The van der Waals surface area contributed by atoms with Gasteiger partial charge in [-0.15, -0.1) is 11.3 Å². The molecule has 1 aliphatic heterocycles. The molecule has 1 fully saturated rings. The third-order valence-electron chi connectivity index (χ3n) is 4.93. The second kappa shape index (κ2) is 6.89. The van der Waals surface area contributed by atoms with Gasteiger partial charge in [0.05, 0.1) is 23.7 Å². The Kier molecular flexibility index (Phi) is 4.43. The number of amides is 2. The quantitative estimate of drug-likeness (QED) is 0.901. The summed E-state index contributed by atoms with van der Waals surface area (Å²) in [6.45, 7) is 0.800. The highest BCUT2D eigenvalue weighted by molar-refractivity contribution is 7.16. The average molecular weight is 366 g/mol. The number of rotatable bonds is 4. The van der Waals surface area contributed by atoms with Crippen molar-refractivity contribution in [1.29, 1.82) is 5.26 Å². The van der Waals surface area contributed by atoms with E-state index in [0.717, 1.165) is 30.5 Å². The molecule has 1 aliphatic carbocycles. The molecule has 7 heteroatoms. The van der Waals surface area contributed by atoms with E-state index in [1.165, 1.54) is 16.2 Å². The Balaban J connectivity index is 1.43. The van der Waals surface area contributed by atoms with Crippen LogP contribution in [-0.2, 0) is 29.0 Å². The van der Waals surface area contributed by atoms with Gasteiger partial charge in [0.1, 0.15) is 11.1 Å². The van der Waals surface area contributed by atoms with E-state index in [0.29, 0.717) is 23.7 Å². The Morgan fingerprint density at radius 3 is 3.08 bits per heavy atom. The van der Waals surface area contributed by atoms with Crippen LogP contribution in [0.1, 0.15) is 34.5 Å². The Morgan fingerprint density at radius 1 is 1.42 bits per heavy atom. The molecule has 0 aromatic carbocycles. The molecule has 2 aliphatic rings. The lowest BCUT2D eigenvalue weighted by molar-refractivity contribution is -0.128. The number of aromatic nitrogens is 1. The predicted molar refractivity (Wildman–Crippen MR) is 97.4 cm³/mol. The summed E-state index contributed by atoms with van der Waals surface area (Å²) in [6.07, 6.45) is 4.85. The lowest BCUT2D eigenvalue weighted by atomic mass is 10.1. The Labute approximate surface area is 155 Å². The van der Waals surface area contributed by atoms with Crippen LogP contribution in [0.15, 0.2) is 24.4 Å². The van der Waals surface area contributed by atoms with E-state index in [-0.39, 0.29) is 18.2 Å². The molecular weight excluding hydrogens is 348 g/mol.